The first-order valence-electron chi connectivity index (χ1n) is 8.09. The molecule has 0 unspecified atom stereocenters. The molecule has 0 radical (unpaired) electrons. The molecule has 1 amide bonds. The maximum absolute atomic E-state index is 12.3. The summed E-state index contributed by atoms with van der Waals surface area (Å²) in [5.74, 6) is 0.758. The van der Waals surface area contributed by atoms with E-state index in [1.54, 1.807) is 18.4 Å². The van der Waals surface area contributed by atoms with Crippen LogP contribution in [0.15, 0.2) is 54.0 Å². The van der Waals surface area contributed by atoms with Crippen molar-refractivity contribution in [1.82, 2.24) is 10.3 Å². The van der Waals surface area contributed by atoms with E-state index in [1.165, 1.54) is 4.88 Å². The third-order valence-electron chi connectivity index (χ3n) is 4.05. The summed E-state index contributed by atoms with van der Waals surface area (Å²) < 4.78 is 5.39. The predicted octanol–water partition coefficient (Wildman–Crippen LogP) is 4.10. The molecule has 2 aromatic carbocycles. The molecule has 0 saturated heterocycles. The SMILES string of the molecule is COc1ccccc1-c1ccc(C(=O)NCCc2scnc2C)cc1. The van der Waals surface area contributed by atoms with Crippen LogP contribution in [0.25, 0.3) is 11.1 Å². The first kappa shape index (κ1) is 17.2. The van der Waals surface area contributed by atoms with Crippen LogP contribution >= 0.6 is 11.3 Å². The Morgan fingerprint density at radius 2 is 1.92 bits per heavy atom. The lowest BCUT2D eigenvalue weighted by atomic mass is 10.0. The molecule has 1 N–H and O–H groups in total. The van der Waals surface area contributed by atoms with E-state index in [4.69, 9.17) is 4.74 Å². The van der Waals surface area contributed by atoms with Gasteiger partial charge in [0.1, 0.15) is 5.75 Å². The average molecular weight is 352 g/mol. The zero-order valence-electron chi connectivity index (χ0n) is 14.3. The normalized spacial score (nSPS) is 10.5. The van der Waals surface area contributed by atoms with E-state index in [-0.39, 0.29) is 5.91 Å². The number of carbonyl (C=O) groups excluding carboxylic acids is 1. The zero-order chi connectivity index (χ0) is 17.6. The molecule has 0 aliphatic heterocycles. The largest absolute Gasteiger partial charge is 0.496 e. The summed E-state index contributed by atoms with van der Waals surface area (Å²) in [4.78, 5) is 17.7. The van der Waals surface area contributed by atoms with Crippen molar-refractivity contribution in [3.8, 4) is 16.9 Å². The number of aromatic nitrogens is 1. The van der Waals surface area contributed by atoms with E-state index in [1.807, 2.05) is 61.0 Å². The van der Waals surface area contributed by atoms with Crippen molar-refractivity contribution in [2.24, 2.45) is 0 Å². The Morgan fingerprint density at radius 1 is 1.16 bits per heavy atom. The minimum Gasteiger partial charge on any atom is -0.496 e. The van der Waals surface area contributed by atoms with Crippen molar-refractivity contribution in [1.29, 1.82) is 0 Å². The number of amides is 1. The van der Waals surface area contributed by atoms with E-state index >= 15 is 0 Å². The molecule has 0 spiro atoms. The lowest BCUT2D eigenvalue weighted by Crippen LogP contribution is -2.25. The lowest BCUT2D eigenvalue weighted by Gasteiger charge is -2.09. The number of carbonyl (C=O) groups is 1. The summed E-state index contributed by atoms with van der Waals surface area (Å²) in [6.07, 6.45) is 0.807. The third-order valence-corrected chi connectivity index (χ3v) is 5.04. The highest BCUT2D eigenvalue weighted by Gasteiger charge is 2.09. The van der Waals surface area contributed by atoms with Gasteiger partial charge in [-0.25, -0.2) is 4.98 Å². The van der Waals surface area contributed by atoms with Crippen molar-refractivity contribution in [3.63, 3.8) is 0 Å². The number of benzene rings is 2. The molecule has 0 aliphatic rings. The summed E-state index contributed by atoms with van der Waals surface area (Å²) in [7, 11) is 1.66. The van der Waals surface area contributed by atoms with Crippen LogP contribution in [-0.2, 0) is 6.42 Å². The van der Waals surface area contributed by atoms with Gasteiger partial charge in [-0.2, -0.15) is 0 Å². The van der Waals surface area contributed by atoms with Crippen LogP contribution in [0.2, 0.25) is 0 Å². The number of hydrogen-bond donors (Lipinski definition) is 1. The van der Waals surface area contributed by atoms with E-state index in [0.717, 1.165) is 29.0 Å². The molecule has 0 aliphatic carbocycles. The van der Waals surface area contributed by atoms with E-state index < -0.39 is 0 Å². The maximum atomic E-state index is 12.3. The molecule has 5 heteroatoms. The van der Waals surface area contributed by atoms with Gasteiger partial charge in [-0.3, -0.25) is 4.79 Å². The molecule has 0 atom stereocenters. The Labute approximate surface area is 151 Å². The smallest absolute Gasteiger partial charge is 0.251 e. The van der Waals surface area contributed by atoms with Crippen molar-refractivity contribution in [3.05, 3.63) is 70.2 Å². The first-order valence-corrected chi connectivity index (χ1v) is 8.97. The molecule has 1 heterocycles. The van der Waals surface area contributed by atoms with Gasteiger partial charge in [0.05, 0.1) is 18.3 Å². The summed E-state index contributed by atoms with van der Waals surface area (Å²) in [5, 5.41) is 2.96. The average Bonchev–Trinajstić information content (AvgIpc) is 3.06. The standard InChI is InChI=1S/C20H20N2O2S/c1-14-19(25-13-22-14)11-12-21-20(23)16-9-7-15(8-10-16)17-5-3-4-6-18(17)24-2/h3-10,13H,11-12H2,1-2H3,(H,21,23). The van der Waals surface area contributed by atoms with Gasteiger partial charge in [0.15, 0.2) is 0 Å². The number of rotatable bonds is 6. The minimum absolute atomic E-state index is 0.0613. The monoisotopic (exact) mass is 352 g/mol. The van der Waals surface area contributed by atoms with Crippen molar-refractivity contribution in [2.75, 3.05) is 13.7 Å². The fourth-order valence-corrected chi connectivity index (χ4v) is 3.42. The van der Waals surface area contributed by atoms with Crippen LogP contribution in [0.5, 0.6) is 5.75 Å². The van der Waals surface area contributed by atoms with Crippen LogP contribution in [0.4, 0.5) is 0 Å². The zero-order valence-corrected chi connectivity index (χ0v) is 15.1. The Kier molecular flexibility index (Phi) is 5.46. The number of nitrogens with zero attached hydrogens (tertiary/aromatic N) is 1. The van der Waals surface area contributed by atoms with Gasteiger partial charge < -0.3 is 10.1 Å². The van der Waals surface area contributed by atoms with Gasteiger partial charge in [-0.05, 0) is 30.7 Å². The summed E-state index contributed by atoms with van der Waals surface area (Å²) in [5.41, 5.74) is 5.57. The summed E-state index contributed by atoms with van der Waals surface area (Å²) in [6.45, 7) is 2.60. The molecular weight excluding hydrogens is 332 g/mol. The molecule has 25 heavy (non-hydrogen) atoms. The predicted molar refractivity (Wildman–Crippen MR) is 101 cm³/mol. The Balaban J connectivity index is 1.63. The van der Waals surface area contributed by atoms with Gasteiger partial charge >= 0.3 is 0 Å². The molecular formula is C20H20N2O2S. The molecule has 4 nitrogen and oxygen atoms in total. The fraction of sp³-hybridized carbons (Fsp3) is 0.200. The van der Waals surface area contributed by atoms with Crippen LogP contribution in [0.1, 0.15) is 20.9 Å². The Morgan fingerprint density at radius 3 is 2.60 bits per heavy atom. The molecule has 3 aromatic rings. The molecule has 3 rings (SSSR count). The van der Waals surface area contributed by atoms with Crippen molar-refractivity contribution < 1.29 is 9.53 Å². The number of thiazole rings is 1. The van der Waals surface area contributed by atoms with Crippen molar-refractivity contribution in [2.45, 2.75) is 13.3 Å². The number of aryl methyl sites for hydroxylation is 1. The Hall–Kier alpha value is -2.66. The summed E-state index contributed by atoms with van der Waals surface area (Å²) >= 11 is 1.63. The van der Waals surface area contributed by atoms with E-state index in [0.29, 0.717) is 12.1 Å². The van der Waals surface area contributed by atoms with Gasteiger partial charge in [-0.15, -0.1) is 11.3 Å². The van der Waals surface area contributed by atoms with Gasteiger partial charge in [0, 0.05) is 29.0 Å². The summed E-state index contributed by atoms with van der Waals surface area (Å²) in [6, 6.07) is 15.4. The number of nitrogens with one attached hydrogen (secondary N) is 1. The highest BCUT2D eigenvalue weighted by molar-refractivity contribution is 7.09. The molecule has 1 aromatic heterocycles. The first-order chi connectivity index (χ1) is 12.2. The highest BCUT2D eigenvalue weighted by Crippen LogP contribution is 2.29. The number of para-hydroxylation sites is 1. The lowest BCUT2D eigenvalue weighted by molar-refractivity contribution is 0.0954. The van der Waals surface area contributed by atoms with Crippen molar-refractivity contribution >= 4 is 17.2 Å². The highest BCUT2D eigenvalue weighted by atomic mass is 32.1. The molecule has 0 saturated carbocycles. The van der Waals surface area contributed by atoms with Gasteiger partial charge in [-0.1, -0.05) is 30.3 Å². The Bertz CT molecular complexity index is 856. The van der Waals surface area contributed by atoms with Gasteiger partial charge in [0.25, 0.3) is 5.91 Å². The second-order valence-electron chi connectivity index (χ2n) is 5.64. The second-order valence-corrected chi connectivity index (χ2v) is 6.58. The fourth-order valence-electron chi connectivity index (χ4n) is 2.64. The van der Waals surface area contributed by atoms with Gasteiger partial charge in [0.2, 0.25) is 0 Å². The quantitative estimate of drug-likeness (QED) is 0.727. The molecule has 128 valence electrons. The maximum Gasteiger partial charge on any atom is 0.251 e. The third kappa shape index (κ3) is 4.06. The van der Waals surface area contributed by atoms with E-state index in [9.17, 15) is 4.79 Å². The second kappa shape index (κ2) is 7.94. The number of hydrogen-bond acceptors (Lipinski definition) is 4. The minimum atomic E-state index is -0.0613. The number of methoxy groups -OCH3 is 1. The van der Waals surface area contributed by atoms with Crippen LogP contribution in [-0.4, -0.2) is 24.5 Å². The van der Waals surface area contributed by atoms with Crippen LogP contribution in [0, 0.1) is 6.92 Å². The van der Waals surface area contributed by atoms with E-state index in [2.05, 4.69) is 10.3 Å². The number of ether oxygens (including phenoxy) is 1. The molecule has 0 bridgehead atoms. The molecule has 0 fully saturated rings. The van der Waals surface area contributed by atoms with Crippen LogP contribution < -0.4 is 10.1 Å². The van der Waals surface area contributed by atoms with Crippen LogP contribution in [0.3, 0.4) is 0 Å². The topological polar surface area (TPSA) is 51.2 Å².